The normalized spacial score (nSPS) is 29.4. The first kappa shape index (κ1) is 25.1. The Hall–Kier alpha value is -1.98. The molecule has 0 aromatic heterocycles. The van der Waals surface area contributed by atoms with Crippen molar-refractivity contribution < 1.29 is 18.9 Å². The predicted molar refractivity (Wildman–Crippen MR) is 135 cm³/mol. The van der Waals surface area contributed by atoms with E-state index in [-0.39, 0.29) is 24.6 Å². The highest BCUT2D eigenvalue weighted by molar-refractivity contribution is 5.14. The van der Waals surface area contributed by atoms with Crippen molar-refractivity contribution in [2.75, 3.05) is 6.61 Å². The summed E-state index contributed by atoms with van der Waals surface area (Å²) in [5.41, 5.74) is 2.30. The summed E-state index contributed by atoms with van der Waals surface area (Å²) in [6, 6.07) is 20.5. The van der Waals surface area contributed by atoms with Gasteiger partial charge in [0.2, 0.25) is 0 Å². The van der Waals surface area contributed by atoms with E-state index in [1.807, 2.05) is 42.5 Å². The first-order valence-corrected chi connectivity index (χ1v) is 12.8. The lowest BCUT2D eigenvalue weighted by Crippen LogP contribution is -2.44. The summed E-state index contributed by atoms with van der Waals surface area (Å²) in [5.74, 6) is 1.88. The fourth-order valence-corrected chi connectivity index (χ4v) is 5.07. The molecular weight excluding hydrogens is 424 g/mol. The second kappa shape index (κ2) is 12.6. The molecule has 2 aliphatic rings. The van der Waals surface area contributed by atoms with E-state index in [2.05, 4.69) is 51.1 Å². The van der Waals surface area contributed by atoms with Crippen molar-refractivity contribution in [2.45, 2.75) is 77.8 Å². The zero-order valence-corrected chi connectivity index (χ0v) is 20.8. The Morgan fingerprint density at radius 1 is 0.882 bits per heavy atom. The average molecular weight is 465 g/mol. The lowest BCUT2D eigenvalue weighted by Gasteiger charge is -2.40. The van der Waals surface area contributed by atoms with Gasteiger partial charge in [-0.25, -0.2) is 0 Å². The minimum absolute atomic E-state index is 0.179. The van der Waals surface area contributed by atoms with Gasteiger partial charge in [0.1, 0.15) is 12.2 Å². The maximum Gasteiger partial charge on any atom is 0.177 e. The van der Waals surface area contributed by atoms with Crippen molar-refractivity contribution in [1.29, 1.82) is 0 Å². The second-order valence-electron chi connectivity index (χ2n) is 10.2. The summed E-state index contributed by atoms with van der Waals surface area (Å²) in [7, 11) is 0. The standard InChI is InChI=1S/C30H40O4/c1-22(2)26-15-14-23(3)18-28(26)33-30-17-16-27(32-20-25-12-8-5-9-13-25)29(34-30)21-31-19-24-10-6-4-7-11-24/h4-13,16-17,22-23,26-30H,14-15,18-21H2,1-3H3/t23-,26+,27+,28-,29-,30+/m1/s1. The highest BCUT2D eigenvalue weighted by atomic mass is 16.7. The molecular formula is C30H40O4. The van der Waals surface area contributed by atoms with Gasteiger partial charge in [-0.3, -0.25) is 0 Å². The van der Waals surface area contributed by atoms with E-state index in [0.717, 1.165) is 17.5 Å². The smallest absolute Gasteiger partial charge is 0.177 e. The van der Waals surface area contributed by atoms with Gasteiger partial charge in [-0.2, -0.15) is 0 Å². The average Bonchev–Trinajstić information content (AvgIpc) is 2.85. The molecule has 2 aromatic rings. The Labute approximate surface area is 205 Å². The molecule has 1 aliphatic heterocycles. The van der Waals surface area contributed by atoms with E-state index in [1.54, 1.807) is 0 Å². The van der Waals surface area contributed by atoms with Gasteiger partial charge in [-0.1, -0.05) is 93.9 Å². The van der Waals surface area contributed by atoms with Gasteiger partial charge >= 0.3 is 0 Å². The summed E-state index contributed by atoms with van der Waals surface area (Å²) in [6.07, 6.45) is 7.21. The van der Waals surface area contributed by atoms with Crippen LogP contribution in [0.15, 0.2) is 72.8 Å². The molecule has 0 N–H and O–H groups in total. The van der Waals surface area contributed by atoms with Crippen molar-refractivity contribution in [3.05, 3.63) is 83.9 Å². The zero-order valence-electron chi connectivity index (χ0n) is 20.8. The van der Waals surface area contributed by atoms with Gasteiger partial charge < -0.3 is 18.9 Å². The molecule has 6 atom stereocenters. The van der Waals surface area contributed by atoms with Gasteiger partial charge in [0, 0.05) is 0 Å². The van der Waals surface area contributed by atoms with E-state index >= 15 is 0 Å². The van der Waals surface area contributed by atoms with Crippen molar-refractivity contribution in [2.24, 2.45) is 17.8 Å². The van der Waals surface area contributed by atoms with E-state index in [4.69, 9.17) is 18.9 Å². The highest BCUT2D eigenvalue weighted by Gasteiger charge is 2.35. The molecule has 1 heterocycles. The highest BCUT2D eigenvalue weighted by Crippen LogP contribution is 2.36. The van der Waals surface area contributed by atoms with Crippen LogP contribution in [0.3, 0.4) is 0 Å². The van der Waals surface area contributed by atoms with Crippen molar-refractivity contribution >= 4 is 0 Å². The fourth-order valence-electron chi connectivity index (χ4n) is 5.07. The second-order valence-corrected chi connectivity index (χ2v) is 10.2. The number of benzene rings is 2. The van der Waals surface area contributed by atoms with Crippen LogP contribution in [0, 0.1) is 17.8 Å². The van der Waals surface area contributed by atoms with Crippen LogP contribution in [0.1, 0.15) is 51.2 Å². The zero-order chi connectivity index (χ0) is 23.8. The summed E-state index contributed by atoms with van der Waals surface area (Å²) in [4.78, 5) is 0. The van der Waals surface area contributed by atoms with Crippen LogP contribution in [0.5, 0.6) is 0 Å². The molecule has 184 valence electrons. The van der Waals surface area contributed by atoms with Gasteiger partial charge in [-0.05, 0) is 47.8 Å². The molecule has 1 saturated carbocycles. The Kier molecular flexibility index (Phi) is 9.34. The summed E-state index contributed by atoms with van der Waals surface area (Å²) >= 11 is 0. The third kappa shape index (κ3) is 7.26. The van der Waals surface area contributed by atoms with Crippen LogP contribution in [-0.4, -0.2) is 31.2 Å². The first-order valence-electron chi connectivity index (χ1n) is 12.8. The van der Waals surface area contributed by atoms with Crippen LogP contribution in [0.4, 0.5) is 0 Å². The monoisotopic (exact) mass is 464 g/mol. The van der Waals surface area contributed by atoms with Gasteiger partial charge in [0.25, 0.3) is 0 Å². The van der Waals surface area contributed by atoms with Crippen molar-refractivity contribution in [3.63, 3.8) is 0 Å². The van der Waals surface area contributed by atoms with Crippen LogP contribution in [0.2, 0.25) is 0 Å². The minimum atomic E-state index is -0.363. The number of rotatable bonds is 10. The number of hydrogen-bond donors (Lipinski definition) is 0. The fraction of sp³-hybridized carbons (Fsp3) is 0.533. The molecule has 34 heavy (non-hydrogen) atoms. The van der Waals surface area contributed by atoms with Gasteiger partial charge in [-0.15, -0.1) is 0 Å². The summed E-state index contributed by atoms with van der Waals surface area (Å²) < 4.78 is 25.3. The molecule has 4 heteroatoms. The molecule has 1 fully saturated rings. The van der Waals surface area contributed by atoms with Crippen LogP contribution < -0.4 is 0 Å². The molecule has 0 radical (unpaired) electrons. The van der Waals surface area contributed by atoms with Crippen molar-refractivity contribution in [1.82, 2.24) is 0 Å². The summed E-state index contributed by atoms with van der Waals surface area (Å²) in [5, 5.41) is 0. The van der Waals surface area contributed by atoms with Crippen LogP contribution >= 0.6 is 0 Å². The molecule has 4 rings (SSSR count). The Balaban J connectivity index is 1.39. The maximum atomic E-state index is 6.56. The molecule has 2 aromatic carbocycles. The predicted octanol–water partition coefficient (Wildman–Crippen LogP) is 6.55. The Morgan fingerprint density at radius 3 is 2.24 bits per heavy atom. The molecule has 0 bridgehead atoms. The molecule has 0 spiro atoms. The van der Waals surface area contributed by atoms with Gasteiger partial charge in [0.15, 0.2) is 6.29 Å². The first-order chi connectivity index (χ1) is 16.6. The largest absolute Gasteiger partial charge is 0.374 e. The van der Waals surface area contributed by atoms with E-state index in [0.29, 0.717) is 37.6 Å². The van der Waals surface area contributed by atoms with Crippen molar-refractivity contribution in [3.8, 4) is 0 Å². The third-order valence-corrected chi connectivity index (χ3v) is 7.08. The molecule has 0 amide bonds. The summed E-state index contributed by atoms with van der Waals surface area (Å²) in [6.45, 7) is 8.49. The quantitative estimate of drug-likeness (QED) is 0.374. The van der Waals surface area contributed by atoms with E-state index < -0.39 is 0 Å². The van der Waals surface area contributed by atoms with E-state index in [9.17, 15) is 0 Å². The maximum absolute atomic E-state index is 6.56. The Bertz CT molecular complexity index is 866. The molecule has 1 aliphatic carbocycles. The lowest BCUT2D eigenvalue weighted by atomic mass is 9.75. The lowest BCUT2D eigenvalue weighted by molar-refractivity contribution is -0.224. The Morgan fingerprint density at radius 2 is 1.56 bits per heavy atom. The topological polar surface area (TPSA) is 36.9 Å². The SMILES string of the molecule is CC(C)[C@@H]1CC[C@@H](C)C[C@H]1O[C@@H]1C=C[C@H](OCc2ccccc2)[C@@H](COCc2ccccc2)O1. The van der Waals surface area contributed by atoms with E-state index in [1.165, 1.54) is 12.8 Å². The molecule has 0 saturated heterocycles. The third-order valence-electron chi connectivity index (χ3n) is 7.08. The molecule has 0 unspecified atom stereocenters. The van der Waals surface area contributed by atoms with Gasteiger partial charge in [0.05, 0.1) is 25.9 Å². The minimum Gasteiger partial charge on any atom is -0.374 e. The van der Waals surface area contributed by atoms with Crippen LogP contribution in [0.25, 0.3) is 0 Å². The molecule has 4 nitrogen and oxygen atoms in total. The number of ether oxygens (including phenoxy) is 4. The number of hydrogen-bond acceptors (Lipinski definition) is 4. The van der Waals surface area contributed by atoms with Crippen LogP contribution in [-0.2, 0) is 32.2 Å².